The normalized spacial score (nSPS) is 14.6. The molecule has 1 rings (SSSR count). The summed E-state index contributed by atoms with van der Waals surface area (Å²) < 4.78 is 0.873. The Kier molecular flexibility index (Phi) is 4.33. The SMILES string of the molecule is CCC(C)C(C(=O)O)c1ccccc1Br. The molecule has 0 aromatic heterocycles. The number of carboxylic acid groups (broad SMARTS) is 1. The van der Waals surface area contributed by atoms with E-state index in [0.29, 0.717) is 0 Å². The van der Waals surface area contributed by atoms with Gasteiger partial charge in [0.05, 0.1) is 5.92 Å². The van der Waals surface area contributed by atoms with Gasteiger partial charge >= 0.3 is 5.97 Å². The second-order valence-electron chi connectivity index (χ2n) is 3.72. The van der Waals surface area contributed by atoms with Gasteiger partial charge in [-0.25, -0.2) is 0 Å². The van der Waals surface area contributed by atoms with Crippen molar-refractivity contribution in [1.82, 2.24) is 0 Å². The number of halogens is 1. The fourth-order valence-electron chi connectivity index (χ4n) is 1.65. The summed E-state index contributed by atoms with van der Waals surface area (Å²) in [5, 5.41) is 9.23. The maximum Gasteiger partial charge on any atom is 0.311 e. The molecule has 0 saturated heterocycles. The molecule has 2 nitrogen and oxygen atoms in total. The summed E-state index contributed by atoms with van der Waals surface area (Å²) in [7, 11) is 0. The van der Waals surface area contributed by atoms with E-state index in [0.717, 1.165) is 16.5 Å². The Hall–Kier alpha value is -0.830. The van der Waals surface area contributed by atoms with E-state index in [2.05, 4.69) is 15.9 Å². The molecule has 82 valence electrons. The van der Waals surface area contributed by atoms with Crippen molar-refractivity contribution in [2.75, 3.05) is 0 Å². The largest absolute Gasteiger partial charge is 0.481 e. The number of aliphatic carboxylic acids is 1. The molecule has 1 aromatic carbocycles. The van der Waals surface area contributed by atoms with Crippen molar-refractivity contribution < 1.29 is 9.90 Å². The number of carboxylic acids is 1. The second-order valence-corrected chi connectivity index (χ2v) is 4.58. The predicted molar refractivity (Wildman–Crippen MR) is 64.0 cm³/mol. The van der Waals surface area contributed by atoms with E-state index in [1.54, 1.807) is 0 Å². The summed E-state index contributed by atoms with van der Waals surface area (Å²) in [5.74, 6) is -1.04. The van der Waals surface area contributed by atoms with Crippen LogP contribution in [-0.4, -0.2) is 11.1 Å². The standard InChI is InChI=1S/C12H15BrO2/c1-3-8(2)11(12(14)15)9-6-4-5-7-10(9)13/h4-8,11H,3H2,1-2H3,(H,14,15). The molecule has 0 fully saturated rings. The van der Waals surface area contributed by atoms with Crippen molar-refractivity contribution in [2.45, 2.75) is 26.2 Å². The van der Waals surface area contributed by atoms with E-state index in [4.69, 9.17) is 0 Å². The molecule has 0 aliphatic rings. The Balaban J connectivity index is 3.10. The molecule has 0 amide bonds. The van der Waals surface area contributed by atoms with Gasteiger partial charge < -0.3 is 5.11 Å². The minimum absolute atomic E-state index is 0.140. The van der Waals surface area contributed by atoms with Gasteiger partial charge in [-0.1, -0.05) is 54.4 Å². The van der Waals surface area contributed by atoms with Crippen molar-refractivity contribution in [1.29, 1.82) is 0 Å². The van der Waals surface area contributed by atoms with Crippen molar-refractivity contribution in [3.8, 4) is 0 Å². The van der Waals surface area contributed by atoms with Gasteiger partial charge in [-0.15, -0.1) is 0 Å². The zero-order valence-corrected chi connectivity index (χ0v) is 10.5. The summed E-state index contributed by atoms with van der Waals surface area (Å²) >= 11 is 3.40. The number of carbonyl (C=O) groups is 1. The van der Waals surface area contributed by atoms with E-state index in [-0.39, 0.29) is 5.92 Å². The summed E-state index contributed by atoms with van der Waals surface area (Å²) in [6.07, 6.45) is 0.859. The van der Waals surface area contributed by atoms with Crippen molar-refractivity contribution >= 4 is 21.9 Å². The first-order valence-electron chi connectivity index (χ1n) is 5.05. The fraction of sp³-hybridized carbons (Fsp3) is 0.417. The van der Waals surface area contributed by atoms with Crippen LogP contribution >= 0.6 is 15.9 Å². The van der Waals surface area contributed by atoms with Crippen LogP contribution in [-0.2, 0) is 4.79 Å². The highest BCUT2D eigenvalue weighted by Crippen LogP contribution is 2.32. The lowest BCUT2D eigenvalue weighted by Gasteiger charge is -2.20. The first kappa shape index (κ1) is 12.2. The third-order valence-corrected chi connectivity index (χ3v) is 3.44. The number of hydrogen-bond acceptors (Lipinski definition) is 1. The molecular weight excluding hydrogens is 256 g/mol. The van der Waals surface area contributed by atoms with Gasteiger partial charge in [-0.05, 0) is 17.5 Å². The summed E-state index contributed by atoms with van der Waals surface area (Å²) in [5.41, 5.74) is 0.861. The maximum absolute atomic E-state index is 11.2. The van der Waals surface area contributed by atoms with Crippen LogP contribution in [0.2, 0.25) is 0 Å². The highest BCUT2D eigenvalue weighted by atomic mass is 79.9. The van der Waals surface area contributed by atoms with Crippen LogP contribution in [0.4, 0.5) is 0 Å². The van der Waals surface area contributed by atoms with Crippen LogP contribution < -0.4 is 0 Å². The third kappa shape index (κ3) is 2.81. The first-order valence-corrected chi connectivity index (χ1v) is 5.84. The highest BCUT2D eigenvalue weighted by molar-refractivity contribution is 9.10. The molecule has 0 aliphatic carbocycles. The number of benzene rings is 1. The molecule has 0 heterocycles. The highest BCUT2D eigenvalue weighted by Gasteiger charge is 2.26. The van der Waals surface area contributed by atoms with Crippen LogP contribution in [0, 0.1) is 5.92 Å². The van der Waals surface area contributed by atoms with Crippen LogP contribution in [0.25, 0.3) is 0 Å². The average Bonchev–Trinajstić information content (AvgIpc) is 2.20. The molecule has 3 heteroatoms. The Labute approximate surface area is 98.4 Å². The summed E-state index contributed by atoms with van der Waals surface area (Å²) in [6.45, 7) is 3.98. The Morgan fingerprint density at radius 3 is 2.53 bits per heavy atom. The van der Waals surface area contributed by atoms with Gasteiger partial charge in [0.15, 0.2) is 0 Å². The Morgan fingerprint density at radius 1 is 1.47 bits per heavy atom. The average molecular weight is 271 g/mol. The maximum atomic E-state index is 11.2. The number of rotatable bonds is 4. The van der Waals surface area contributed by atoms with E-state index in [9.17, 15) is 9.90 Å². The van der Waals surface area contributed by atoms with Gasteiger partial charge in [0.1, 0.15) is 0 Å². The molecule has 0 saturated carbocycles. The van der Waals surface area contributed by atoms with Gasteiger partial charge in [0.2, 0.25) is 0 Å². The van der Waals surface area contributed by atoms with Gasteiger partial charge in [0.25, 0.3) is 0 Å². The minimum Gasteiger partial charge on any atom is -0.481 e. The number of hydrogen-bond donors (Lipinski definition) is 1. The predicted octanol–water partition coefficient (Wildman–Crippen LogP) is 3.66. The topological polar surface area (TPSA) is 37.3 Å². The molecule has 0 bridgehead atoms. The first-order chi connectivity index (χ1) is 7.07. The Bertz CT molecular complexity index is 349. The minimum atomic E-state index is -0.753. The lowest BCUT2D eigenvalue weighted by atomic mass is 9.86. The molecule has 0 radical (unpaired) electrons. The van der Waals surface area contributed by atoms with Crippen molar-refractivity contribution in [3.63, 3.8) is 0 Å². The van der Waals surface area contributed by atoms with Gasteiger partial charge in [0, 0.05) is 4.47 Å². The van der Waals surface area contributed by atoms with Gasteiger partial charge in [-0.2, -0.15) is 0 Å². The lowest BCUT2D eigenvalue weighted by molar-refractivity contribution is -0.140. The fourth-order valence-corrected chi connectivity index (χ4v) is 2.18. The van der Waals surface area contributed by atoms with E-state index >= 15 is 0 Å². The van der Waals surface area contributed by atoms with Crippen molar-refractivity contribution in [3.05, 3.63) is 34.3 Å². The van der Waals surface area contributed by atoms with E-state index in [1.165, 1.54) is 0 Å². The Morgan fingerprint density at radius 2 is 2.07 bits per heavy atom. The molecule has 0 aliphatic heterocycles. The third-order valence-electron chi connectivity index (χ3n) is 2.72. The van der Waals surface area contributed by atoms with Crippen LogP contribution in [0.5, 0.6) is 0 Å². The molecule has 1 N–H and O–H groups in total. The van der Waals surface area contributed by atoms with Crippen LogP contribution in [0.1, 0.15) is 31.7 Å². The monoisotopic (exact) mass is 270 g/mol. The zero-order chi connectivity index (χ0) is 11.4. The van der Waals surface area contributed by atoms with E-state index < -0.39 is 11.9 Å². The summed E-state index contributed by atoms with van der Waals surface area (Å²) in [6, 6.07) is 7.52. The van der Waals surface area contributed by atoms with Gasteiger partial charge in [-0.3, -0.25) is 4.79 Å². The molecule has 2 unspecified atom stereocenters. The molecule has 15 heavy (non-hydrogen) atoms. The lowest BCUT2D eigenvalue weighted by Crippen LogP contribution is -2.19. The van der Waals surface area contributed by atoms with Crippen LogP contribution in [0.3, 0.4) is 0 Å². The molecule has 1 aromatic rings. The van der Waals surface area contributed by atoms with Crippen molar-refractivity contribution in [2.24, 2.45) is 5.92 Å². The quantitative estimate of drug-likeness (QED) is 0.907. The second kappa shape index (κ2) is 5.31. The molecular formula is C12H15BrO2. The van der Waals surface area contributed by atoms with E-state index in [1.807, 2.05) is 38.1 Å². The smallest absolute Gasteiger partial charge is 0.311 e. The zero-order valence-electron chi connectivity index (χ0n) is 8.90. The molecule has 0 spiro atoms. The summed E-state index contributed by atoms with van der Waals surface area (Å²) in [4.78, 5) is 11.2. The molecule has 2 atom stereocenters. The van der Waals surface area contributed by atoms with Crippen LogP contribution in [0.15, 0.2) is 28.7 Å².